The lowest BCUT2D eigenvalue weighted by atomic mass is 10.3. The number of rotatable bonds is 1. The Kier molecular flexibility index (Phi) is 2.86. The van der Waals surface area contributed by atoms with E-state index in [4.69, 9.17) is 4.74 Å². The van der Waals surface area contributed by atoms with E-state index < -0.39 is 9.84 Å². The van der Waals surface area contributed by atoms with Crippen LogP contribution < -0.4 is 4.74 Å². The van der Waals surface area contributed by atoms with Crippen molar-refractivity contribution in [2.75, 3.05) is 0 Å². The number of nitrogens with zero attached hydrogens (tertiary/aromatic N) is 1. The fraction of sp³-hybridized carbons (Fsp3) is 0.100. The zero-order valence-electron chi connectivity index (χ0n) is 8.34. The quantitative estimate of drug-likeness (QED) is 0.801. The van der Waals surface area contributed by atoms with Crippen LogP contribution in [0.2, 0.25) is 0 Å². The highest BCUT2D eigenvalue weighted by molar-refractivity contribution is 9.10. The number of para-hydroxylation sites is 1. The molecular formula is C10H8BrNO3S. The molecule has 16 heavy (non-hydrogen) atoms. The van der Waals surface area contributed by atoms with Crippen LogP contribution in [-0.4, -0.2) is 13.6 Å². The summed E-state index contributed by atoms with van der Waals surface area (Å²) in [6, 6.07) is 6.99. The molecule has 84 valence electrons. The molecule has 0 amide bonds. The SMILES string of the molecule is CC1=CS(=O)(=O)C(Oc2ccccc2Br)=N1. The molecule has 1 aliphatic rings. The molecule has 0 bridgehead atoms. The van der Waals surface area contributed by atoms with Crippen LogP contribution in [0, 0.1) is 0 Å². The summed E-state index contributed by atoms with van der Waals surface area (Å²) in [4.78, 5) is 3.82. The largest absolute Gasteiger partial charge is 0.429 e. The Labute approximate surface area is 102 Å². The van der Waals surface area contributed by atoms with E-state index in [1.54, 1.807) is 25.1 Å². The molecule has 1 heterocycles. The highest BCUT2D eigenvalue weighted by Gasteiger charge is 2.26. The monoisotopic (exact) mass is 301 g/mol. The fourth-order valence-electron chi connectivity index (χ4n) is 1.21. The van der Waals surface area contributed by atoms with Gasteiger partial charge in [0, 0.05) is 0 Å². The molecule has 0 aromatic heterocycles. The van der Waals surface area contributed by atoms with Crippen LogP contribution in [0.1, 0.15) is 6.92 Å². The molecule has 6 heteroatoms. The van der Waals surface area contributed by atoms with Gasteiger partial charge in [-0.1, -0.05) is 12.1 Å². The smallest absolute Gasteiger partial charge is 0.320 e. The summed E-state index contributed by atoms with van der Waals surface area (Å²) in [5.41, 5.74) is 0.419. The maximum absolute atomic E-state index is 11.5. The van der Waals surface area contributed by atoms with Gasteiger partial charge in [0.25, 0.3) is 9.84 Å². The molecule has 1 aromatic carbocycles. The molecule has 1 aliphatic heterocycles. The lowest BCUT2D eigenvalue weighted by Crippen LogP contribution is -2.16. The van der Waals surface area contributed by atoms with Gasteiger partial charge in [-0.3, -0.25) is 0 Å². The van der Waals surface area contributed by atoms with Crippen LogP contribution in [0.25, 0.3) is 0 Å². The Morgan fingerprint density at radius 1 is 1.31 bits per heavy atom. The molecule has 0 unspecified atom stereocenters. The first kappa shape index (κ1) is 11.3. The first-order valence-corrected chi connectivity index (χ1v) is 6.77. The van der Waals surface area contributed by atoms with Crippen molar-refractivity contribution >= 4 is 31.0 Å². The van der Waals surface area contributed by atoms with Crippen molar-refractivity contribution in [3.8, 4) is 5.75 Å². The van der Waals surface area contributed by atoms with E-state index in [9.17, 15) is 8.42 Å². The maximum atomic E-state index is 11.5. The van der Waals surface area contributed by atoms with E-state index >= 15 is 0 Å². The first-order chi connectivity index (χ1) is 7.49. The van der Waals surface area contributed by atoms with Crippen molar-refractivity contribution in [2.45, 2.75) is 6.92 Å². The number of ether oxygens (including phenoxy) is 1. The molecule has 0 fully saturated rings. The Balaban J connectivity index is 2.32. The summed E-state index contributed by atoms with van der Waals surface area (Å²) in [7, 11) is -3.51. The van der Waals surface area contributed by atoms with Gasteiger partial charge in [0.2, 0.25) is 0 Å². The molecule has 4 nitrogen and oxygen atoms in total. The molecule has 0 saturated heterocycles. The Bertz CT molecular complexity index is 590. The van der Waals surface area contributed by atoms with Gasteiger partial charge < -0.3 is 4.74 Å². The van der Waals surface area contributed by atoms with E-state index in [1.165, 1.54) is 0 Å². The molecule has 0 N–H and O–H groups in total. The van der Waals surface area contributed by atoms with Crippen LogP contribution in [0.3, 0.4) is 0 Å². The third kappa shape index (κ3) is 2.17. The minimum atomic E-state index is -3.51. The van der Waals surface area contributed by atoms with Crippen LogP contribution >= 0.6 is 15.9 Å². The van der Waals surface area contributed by atoms with E-state index in [-0.39, 0.29) is 5.23 Å². The molecular weight excluding hydrogens is 294 g/mol. The van der Waals surface area contributed by atoms with Gasteiger partial charge in [0.05, 0.1) is 15.6 Å². The summed E-state index contributed by atoms with van der Waals surface area (Å²) in [6.07, 6.45) is 0. The minimum Gasteiger partial charge on any atom is -0.429 e. The van der Waals surface area contributed by atoms with Gasteiger partial charge in [0.15, 0.2) is 0 Å². The number of hydrogen-bond acceptors (Lipinski definition) is 4. The number of aliphatic imine (C=N–C) groups is 1. The van der Waals surface area contributed by atoms with Crippen molar-refractivity contribution < 1.29 is 13.2 Å². The predicted octanol–water partition coefficient (Wildman–Crippen LogP) is 2.47. The zero-order chi connectivity index (χ0) is 11.8. The summed E-state index contributed by atoms with van der Waals surface area (Å²) in [5.74, 6) is 0.424. The van der Waals surface area contributed by atoms with E-state index in [0.29, 0.717) is 15.9 Å². The van der Waals surface area contributed by atoms with Crippen LogP contribution in [-0.2, 0) is 9.84 Å². The first-order valence-electron chi connectivity index (χ1n) is 4.43. The van der Waals surface area contributed by atoms with Gasteiger partial charge in [-0.15, -0.1) is 0 Å². The van der Waals surface area contributed by atoms with Crippen molar-refractivity contribution in [3.63, 3.8) is 0 Å². The van der Waals surface area contributed by atoms with Gasteiger partial charge in [0.1, 0.15) is 5.75 Å². The third-order valence-corrected chi connectivity index (χ3v) is 3.84. The second kappa shape index (κ2) is 4.03. The average Bonchev–Trinajstić information content (AvgIpc) is 2.43. The fourth-order valence-corrected chi connectivity index (χ4v) is 2.66. The average molecular weight is 302 g/mol. The predicted molar refractivity (Wildman–Crippen MR) is 64.9 cm³/mol. The number of hydrogen-bond donors (Lipinski definition) is 0. The van der Waals surface area contributed by atoms with E-state index in [1.807, 2.05) is 6.07 Å². The number of sulfone groups is 1. The molecule has 0 radical (unpaired) electrons. The lowest BCUT2D eigenvalue weighted by molar-refractivity contribution is 0.547. The van der Waals surface area contributed by atoms with Crippen molar-refractivity contribution in [1.29, 1.82) is 0 Å². The molecule has 1 aromatic rings. The number of benzene rings is 1. The standard InChI is InChI=1S/C10H8BrNO3S/c1-7-6-16(13,14)10(12-7)15-9-5-3-2-4-8(9)11/h2-6H,1H3. The van der Waals surface area contributed by atoms with Crippen LogP contribution in [0.15, 0.2) is 44.8 Å². The number of allylic oxidation sites excluding steroid dienone is 1. The second-order valence-corrected chi connectivity index (χ2v) is 5.74. The summed E-state index contributed by atoms with van der Waals surface area (Å²) in [6.45, 7) is 1.61. The topological polar surface area (TPSA) is 55.7 Å². The molecule has 0 saturated carbocycles. The van der Waals surface area contributed by atoms with Gasteiger partial charge in [-0.05, 0) is 35.0 Å². The molecule has 0 aliphatic carbocycles. The highest BCUT2D eigenvalue weighted by Crippen LogP contribution is 2.26. The highest BCUT2D eigenvalue weighted by atomic mass is 79.9. The second-order valence-electron chi connectivity index (χ2n) is 3.21. The summed E-state index contributed by atoms with van der Waals surface area (Å²) >= 11 is 3.26. The molecule has 0 spiro atoms. The van der Waals surface area contributed by atoms with Crippen molar-refractivity contribution in [3.05, 3.63) is 39.8 Å². The molecule has 2 rings (SSSR count). The Morgan fingerprint density at radius 2 is 2.00 bits per heavy atom. The minimum absolute atomic E-state index is 0.281. The third-order valence-electron chi connectivity index (χ3n) is 1.87. The van der Waals surface area contributed by atoms with Gasteiger partial charge in [-0.2, -0.15) is 0 Å². The van der Waals surface area contributed by atoms with Gasteiger partial charge >= 0.3 is 5.23 Å². The van der Waals surface area contributed by atoms with Crippen LogP contribution in [0.4, 0.5) is 0 Å². The van der Waals surface area contributed by atoms with E-state index in [0.717, 1.165) is 5.41 Å². The number of halogens is 1. The normalized spacial score (nSPS) is 17.9. The summed E-state index contributed by atoms with van der Waals surface area (Å²) in [5, 5.41) is 0.802. The van der Waals surface area contributed by atoms with Crippen molar-refractivity contribution in [1.82, 2.24) is 0 Å². The Hall–Kier alpha value is -1.14. The summed E-state index contributed by atoms with van der Waals surface area (Å²) < 4.78 is 29.0. The van der Waals surface area contributed by atoms with Crippen molar-refractivity contribution in [2.24, 2.45) is 4.99 Å². The Morgan fingerprint density at radius 3 is 2.56 bits per heavy atom. The molecule has 0 atom stereocenters. The lowest BCUT2D eigenvalue weighted by Gasteiger charge is -2.05. The maximum Gasteiger partial charge on any atom is 0.320 e. The van der Waals surface area contributed by atoms with Gasteiger partial charge in [-0.25, -0.2) is 13.4 Å². The van der Waals surface area contributed by atoms with E-state index in [2.05, 4.69) is 20.9 Å². The van der Waals surface area contributed by atoms with Crippen LogP contribution in [0.5, 0.6) is 5.75 Å². The zero-order valence-corrected chi connectivity index (χ0v) is 10.7.